The maximum atomic E-state index is 12.1. The second-order valence-electron chi connectivity index (χ2n) is 4.96. The fraction of sp³-hybridized carbons (Fsp3) is 0.714. The first-order valence-electron chi connectivity index (χ1n) is 6.24. The molecular formula is C14H20N2O4. The van der Waals surface area contributed by atoms with Crippen molar-refractivity contribution in [2.75, 3.05) is 14.2 Å². The largest absolute Gasteiger partial charge is 0.469 e. The van der Waals surface area contributed by atoms with E-state index in [9.17, 15) is 9.59 Å². The van der Waals surface area contributed by atoms with Gasteiger partial charge in [0.05, 0.1) is 37.2 Å². The third-order valence-corrected chi connectivity index (χ3v) is 3.96. The summed E-state index contributed by atoms with van der Waals surface area (Å²) in [4.78, 5) is 24.3. The average Bonchev–Trinajstić information content (AvgIpc) is 2.47. The molecule has 0 aromatic heterocycles. The topological polar surface area (TPSA) is 100 Å². The SMILES string of the molecule is COC(=O)[C@](C)(CCC#N)[C@](C)(CCC#N)C(=O)OC. The number of rotatable bonds is 7. The molecule has 0 unspecified atom stereocenters. The summed E-state index contributed by atoms with van der Waals surface area (Å²) in [6, 6.07) is 3.93. The molecule has 0 aliphatic rings. The number of nitriles is 2. The van der Waals surface area contributed by atoms with Gasteiger partial charge in [0, 0.05) is 12.8 Å². The first kappa shape index (κ1) is 17.9. The minimum absolute atomic E-state index is 0.102. The Hall–Kier alpha value is -2.08. The molecule has 0 saturated carbocycles. The fourth-order valence-corrected chi connectivity index (χ4v) is 2.27. The molecule has 0 aliphatic carbocycles. The number of esters is 2. The first-order valence-corrected chi connectivity index (χ1v) is 6.24. The van der Waals surface area contributed by atoms with Gasteiger partial charge in [0.15, 0.2) is 0 Å². The van der Waals surface area contributed by atoms with Crippen LogP contribution in [-0.4, -0.2) is 26.2 Å². The molecule has 0 rings (SSSR count). The van der Waals surface area contributed by atoms with Crippen LogP contribution in [0.25, 0.3) is 0 Å². The molecule has 0 aromatic carbocycles. The van der Waals surface area contributed by atoms with Crippen molar-refractivity contribution in [3.05, 3.63) is 0 Å². The van der Waals surface area contributed by atoms with Crippen LogP contribution in [0.2, 0.25) is 0 Å². The normalized spacial score (nSPS) is 15.9. The number of ether oxygens (including phenoxy) is 2. The molecule has 6 nitrogen and oxygen atoms in total. The lowest BCUT2D eigenvalue weighted by Gasteiger charge is -2.41. The maximum Gasteiger partial charge on any atom is 0.312 e. The van der Waals surface area contributed by atoms with Gasteiger partial charge in [0.1, 0.15) is 0 Å². The number of carbonyl (C=O) groups excluding carboxylic acids is 2. The van der Waals surface area contributed by atoms with Gasteiger partial charge in [-0.1, -0.05) is 0 Å². The molecule has 0 aliphatic heterocycles. The van der Waals surface area contributed by atoms with Crippen molar-refractivity contribution >= 4 is 11.9 Å². The Morgan fingerprint density at radius 1 is 0.900 bits per heavy atom. The van der Waals surface area contributed by atoms with Crippen molar-refractivity contribution in [3.8, 4) is 12.1 Å². The molecule has 0 amide bonds. The number of carbonyl (C=O) groups is 2. The molecule has 0 fully saturated rings. The predicted molar refractivity (Wildman–Crippen MR) is 69.9 cm³/mol. The lowest BCUT2D eigenvalue weighted by molar-refractivity contribution is -0.176. The van der Waals surface area contributed by atoms with E-state index >= 15 is 0 Å². The summed E-state index contributed by atoms with van der Waals surface area (Å²) in [6.45, 7) is 3.15. The second-order valence-corrected chi connectivity index (χ2v) is 4.96. The maximum absolute atomic E-state index is 12.1. The smallest absolute Gasteiger partial charge is 0.312 e. The Morgan fingerprint density at radius 3 is 1.40 bits per heavy atom. The Morgan fingerprint density at radius 2 is 1.20 bits per heavy atom. The molecule has 0 radical (unpaired) electrons. The van der Waals surface area contributed by atoms with Gasteiger partial charge < -0.3 is 9.47 Å². The third kappa shape index (κ3) is 3.27. The zero-order chi connectivity index (χ0) is 15.8. The standard InChI is InChI=1S/C14H20N2O4/c1-13(7-5-9-15,11(17)19-3)14(2,8-6-10-16)12(18)20-4/h5-8H2,1-4H3/t13-,14+. The van der Waals surface area contributed by atoms with E-state index in [0.717, 1.165) is 0 Å². The molecular weight excluding hydrogens is 260 g/mol. The molecule has 6 heteroatoms. The van der Waals surface area contributed by atoms with E-state index < -0.39 is 22.8 Å². The van der Waals surface area contributed by atoms with E-state index in [4.69, 9.17) is 20.0 Å². The Balaban J connectivity index is 5.75. The molecule has 0 spiro atoms. The van der Waals surface area contributed by atoms with Crippen molar-refractivity contribution < 1.29 is 19.1 Å². The van der Waals surface area contributed by atoms with Crippen LogP contribution in [-0.2, 0) is 19.1 Å². The monoisotopic (exact) mass is 280 g/mol. The average molecular weight is 280 g/mol. The van der Waals surface area contributed by atoms with Crippen LogP contribution < -0.4 is 0 Å². The summed E-state index contributed by atoms with van der Waals surface area (Å²) in [6.07, 6.45) is 0.524. The van der Waals surface area contributed by atoms with Crippen molar-refractivity contribution in [3.63, 3.8) is 0 Å². The van der Waals surface area contributed by atoms with Gasteiger partial charge in [-0.2, -0.15) is 10.5 Å². The van der Waals surface area contributed by atoms with Gasteiger partial charge in [0.25, 0.3) is 0 Å². The molecule has 0 N–H and O–H groups in total. The summed E-state index contributed by atoms with van der Waals surface area (Å²) in [7, 11) is 2.46. The van der Waals surface area contributed by atoms with Gasteiger partial charge in [-0.3, -0.25) is 9.59 Å². The van der Waals surface area contributed by atoms with Crippen molar-refractivity contribution in [1.82, 2.24) is 0 Å². The van der Waals surface area contributed by atoms with Gasteiger partial charge >= 0.3 is 11.9 Å². The number of hydrogen-bond acceptors (Lipinski definition) is 6. The van der Waals surface area contributed by atoms with Crippen molar-refractivity contribution in [1.29, 1.82) is 10.5 Å². The molecule has 20 heavy (non-hydrogen) atoms. The van der Waals surface area contributed by atoms with Crippen LogP contribution in [0, 0.1) is 33.5 Å². The zero-order valence-electron chi connectivity index (χ0n) is 12.4. The fourth-order valence-electron chi connectivity index (χ4n) is 2.27. The summed E-state index contributed by atoms with van der Waals surface area (Å²) in [5.74, 6) is -1.17. The first-order chi connectivity index (χ1) is 9.33. The van der Waals surface area contributed by atoms with Gasteiger partial charge in [-0.15, -0.1) is 0 Å². The van der Waals surface area contributed by atoms with Crippen LogP contribution in [0.15, 0.2) is 0 Å². The van der Waals surface area contributed by atoms with Crippen LogP contribution in [0.3, 0.4) is 0 Å². The Bertz CT molecular complexity index is 407. The van der Waals surface area contributed by atoms with E-state index in [1.54, 1.807) is 13.8 Å². The summed E-state index contributed by atoms with van der Waals surface area (Å²) < 4.78 is 9.59. The van der Waals surface area contributed by atoms with Crippen LogP contribution in [0.1, 0.15) is 39.5 Å². The highest BCUT2D eigenvalue weighted by atomic mass is 16.5. The molecule has 0 bridgehead atoms. The third-order valence-electron chi connectivity index (χ3n) is 3.96. The zero-order valence-corrected chi connectivity index (χ0v) is 12.4. The highest BCUT2D eigenvalue weighted by Gasteiger charge is 2.55. The summed E-state index contributed by atoms with van der Waals surface area (Å²) >= 11 is 0. The van der Waals surface area contributed by atoms with Crippen LogP contribution in [0.4, 0.5) is 0 Å². The highest BCUT2D eigenvalue weighted by Crippen LogP contribution is 2.47. The lowest BCUT2D eigenvalue weighted by Crippen LogP contribution is -2.50. The van der Waals surface area contributed by atoms with Crippen molar-refractivity contribution in [2.45, 2.75) is 39.5 Å². The van der Waals surface area contributed by atoms with E-state index in [0.29, 0.717) is 0 Å². The van der Waals surface area contributed by atoms with Gasteiger partial charge in [-0.05, 0) is 26.7 Å². The van der Waals surface area contributed by atoms with Gasteiger partial charge in [0.2, 0.25) is 0 Å². The van der Waals surface area contributed by atoms with E-state index in [1.165, 1.54) is 14.2 Å². The van der Waals surface area contributed by atoms with E-state index in [-0.39, 0.29) is 25.7 Å². The van der Waals surface area contributed by atoms with E-state index in [2.05, 4.69) is 0 Å². The molecule has 110 valence electrons. The Labute approximate surface area is 119 Å². The molecule has 0 heterocycles. The molecule has 0 saturated heterocycles. The lowest BCUT2D eigenvalue weighted by atomic mass is 9.61. The van der Waals surface area contributed by atoms with Crippen LogP contribution in [0.5, 0.6) is 0 Å². The predicted octanol–water partition coefficient (Wildman–Crippen LogP) is 1.95. The highest BCUT2D eigenvalue weighted by molar-refractivity contribution is 5.87. The minimum atomic E-state index is -1.22. The summed E-state index contributed by atoms with van der Waals surface area (Å²) in [5, 5.41) is 17.5. The summed E-state index contributed by atoms with van der Waals surface area (Å²) in [5.41, 5.74) is -2.44. The number of methoxy groups -OCH3 is 2. The quantitative estimate of drug-likeness (QED) is 0.661. The van der Waals surface area contributed by atoms with Crippen molar-refractivity contribution in [2.24, 2.45) is 10.8 Å². The van der Waals surface area contributed by atoms with Crippen LogP contribution >= 0.6 is 0 Å². The Kier molecular flexibility index (Phi) is 6.72. The molecule has 0 aromatic rings. The molecule has 2 atom stereocenters. The minimum Gasteiger partial charge on any atom is -0.469 e. The number of hydrogen-bond donors (Lipinski definition) is 0. The second kappa shape index (κ2) is 7.49. The number of nitrogens with zero attached hydrogens (tertiary/aromatic N) is 2. The van der Waals surface area contributed by atoms with Gasteiger partial charge in [-0.25, -0.2) is 0 Å². The van der Waals surface area contributed by atoms with E-state index in [1.807, 2.05) is 12.1 Å².